The minimum Gasteiger partial charge on any atom is -0.467 e. The van der Waals surface area contributed by atoms with Gasteiger partial charge in [-0.1, -0.05) is 52.9 Å². The maximum atomic E-state index is 12.6. The molecular weight excluding hydrogens is 470 g/mol. The lowest BCUT2D eigenvalue weighted by molar-refractivity contribution is -0.130. The zero-order valence-electron chi connectivity index (χ0n) is 17.2. The van der Waals surface area contributed by atoms with Crippen molar-refractivity contribution >= 4 is 51.6 Å². The lowest BCUT2D eigenvalue weighted by Gasteiger charge is -2.34. The van der Waals surface area contributed by atoms with Crippen LogP contribution in [0.4, 0.5) is 5.13 Å². The SMILES string of the molecule is O=C(CSc1nnc(N2CCN(C(=O)Cc3ccccc3Cl)CC2)s1)NCc1ccco1. The number of piperazine rings is 1. The van der Waals surface area contributed by atoms with E-state index >= 15 is 0 Å². The van der Waals surface area contributed by atoms with Crippen LogP contribution in [0.5, 0.6) is 0 Å². The molecular formula is C21H22ClN5O3S2. The van der Waals surface area contributed by atoms with Crippen LogP contribution in [0.3, 0.4) is 0 Å². The average Bonchev–Trinajstić information content (AvgIpc) is 3.50. The van der Waals surface area contributed by atoms with Gasteiger partial charge in [0.25, 0.3) is 0 Å². The summed E-state index contributed by atoms with van der Waals surface area (Å²) in [4.78, 5) is 28.6. The van der Waals surface area contributed by atoms with Crippen LogP contribution < -0.4 is 10.2 Å². The summed E-state index contributed by atoms with van der Waals surface area (Å²) in [7, 11) is 0. The molecule has 0 aliphatic carbocycles. The van der Waals surface area contributed by atoms with Gasteiger partial charge in [-0.25, -0.2) is 0 Å². The van der Waals surface area contributed by atoms with Crippen LogP contribution in [0, 0.1) is 0 Å². The van der Waals surface area contributed by atoms with Crippen molar-refractivity contribution in [2.75, 3.05) is 36.8 Å². The molecule has 0 atom stereocenters. The van der Waals surface area contributed by atoms with Gasteiger partial charge >= 0.3 is 0 Å². The Morgan fingerprint density at radius 3 is 2.69 bits per heavy atom. The van der Waals surface area contributed by atoms with Crippen LogP contribution in [0.25, 0.3) is 0 Å². The van der Waals surface area contributed by atoms with Crippen molar-refractivity contribution in [3.8, 4) is 0 Å². The second-order valence-corrected chi connectivity index (χ2v) is 9.72. The Bertz CT molecular complexity index is 1050. The number of amides is 2. The maximum absolute atomic E-state index is 12.6. The number of carbonyl (C=O) groups excluding carboxylic acids is 2. The first-order valence-corrected chi connectivity index (χ1v) is 12.3. The van der Waals surface area contributed by atoms with Gasteiger partial charge in [0.05, 0.1) is 25.0 Å². The van der Waals surface area contributed by atoms with Crippen LogP contribution in [0.1, 0.15) is 11.3 Å². The van der Waals surface area contributed by atoms with Gasteiger partial charge in [0.1, 0.15) is 5.76 Å². The molecule has 0 radical (unpaired) electrons. The maximum Gasteiger partial charge on any atom is 0.230 e. The summed E-state index contributed by atoms with van der Waals surface area (Å²) in [5, 5.41) is 12.7. The van der Waals surface area contributed by atoms with E-state index in [1.165, 1.54) is 23.1 Å². The van der Waals surface area contributed by atoms with Crippen molar-refractivity contribution in [2.45, 2.75) is 17.3 Å². The summed E-state index contributed by atoms with van der Waals surface area (Å²) >= 11 is 8.99. The van der Waals surface area contributed by atoms with Gasteiger partial charge in [0.15, 0.2) is 4.34 Å². The standard InChI is InChI=1S/C21H22ClN5O3S2/c22-17-6-2-1-4-15(17)12-19(29)26-7-9-27(10-8-26)20-24-25-21(32-20)31-14-18(28)23-13-16-5-3-11-30-16/h1-6,11H,7-10,12-14H2,(H,23,28). The number of furan rings is 1. The highest BCUT2D eigenvalue weighted by Crippen LogP contribution is 2.28. The van der Waals surface area contributed by atoms with Gasteiger partial charge in [0.2, 0.25) is 16.9 Å². The number of thioether (sulfide) groups is 1. The van der Waals surface area contributed by atoms with Crippen LogP contribution in [-0.2, 0) is 22.6 Å². The number of anilines is 1. The van der Waals surface area contributed by atoms with Gasteiger partial charge in [-0.05, 0) is 23.8 Å². The molecule has 2 amide bonds. The first-order valence-electron chi connectivity index (χ1n) is 10.1. The molecule has 168 valence electrons. The summed E-state index contributed by atoms with van der Waals surface area (Å²) in [6, 6.07) is 11.0. The second-order valence-electron chi connectivity index (χ2n) is 7.13. The molecule has 4 rings (SSSR count). The summed E-state index contributed by atoms with van der Waals surface area (Å²) in [6.45, 7) is 3.00. The monoisotopic (exact) mass is 491 g/mol. The molecule has 0 bridgehead atoms. The summed E-state index contributed by atoms with van der Waals surface area (Å²) < 4.78 is 5.94. The fourth-order valence-corrected chi connectivity index (χ4v) is 5.15. The van der Waals surface area contributed by atoms with Gasteiger partial charge in [-0.3, -0.25) is 9.59 Å². The number of halogens is 1. The molecule has 3 aromatic rings. The fourth-order valence-electron chi connectivity index (χ4n) is 3.23. The third-order valence-electron chi connectivity index (χ3n) is 4.96. The van der Waals surface area contributed by atoms with Crippen molar-refractivity contribution in [2.24, 2.45) is 0 Å². The minimum atomic E-state index is -0.0891. The van der Waals surface area contributed by atoms with Gasteiger partial charge in [-0.15, -0.1) is 10.2 Å². The Balaban J connectivity index is 1.21. The lowest BCUT2D eigenvalue weighted by Crippen LogP contribution is -2.49. The molecule has 0 saturated carbocycles. The molecule has 32 heavy (non-hydrogen) atoms. The van der Waals surface area contributed by atoms with Crippen LogP contribution in [-0.4, -0.2) is 58.8 Å². The van der Waals surface area contributed by atoms with E-state index in [1.807, 2.05) is 29.2 Å². The Morgan fingerprint density at radius 1 is 1.12 bits per heavy atom. The van der Waals surface area contributed by atoms with E-state index in [-0.39, 0.29) is 17.6 Å². The highest BCUT2D eigenvalue weighted by molar-refractivity contribution is 8.01. The predicted octanol–water partition coefficient (Wildman–Crippen LogP) is 3.08. The predicted molar refractivity (Wildman–Crippen MR) is 125 cm³/mol. The third-order valence-corrected chi connectivity index (χ3v) is 7.45. The van der Waals surface area contributed by atoms with Crippen molar-refractivity contribution in [1.82, 2.24) is 20.4 Å². The van der Waals surface area contributed by atoms with E-state index in [9.17, 15) is 9.59 Å². The molecule has 3 heterocycles. The minimum absolute atomic E-state index is 0.0758. The molecule has 0 unspecified atom stereocenters. The number of nitrogens with one attached hydrogen (secondary N) is 1. The quantitative estimate of drug-likeness (QED) is 0.484. The Labute approximate surface area is 198 Å². The van der Waals surface area contributed by atoms with E-state index in [4.69, 9.17) is 16.0 Å². The Hall–Kier alpha value is -2.56. The second kappa shape index (κ2) is 10.8. The Kier molecular flexibility index (Phi) is 7.67. The Morgan fingerprint density at radius 2 is 1.94 bits per heavy atom. The molecule has 0 spiro atoms. The molecule has 1 N–H and O–H groups in total. The molecule has 2 aromatic heterocycles. The highest BCUT2D eigenvalue weighted by Gasteiger charge is 2.24. The van der Waals surface area contributed by atoms with Gasteiger partial charge < -0.3 is 19.5 Å². The summed E-state index contributed by atoms with van der Waals surface area (Å²) in [5.74, 6) is 0.964. The zero-order valence-corrected chi connectivity index (χ0v) is 19.6. The van der Waals surface area contributed by atoms with E-state index in [0.29, 0.717) is 49.9 Å². The zero-order chi connectivity index (χ0) is 22.3. The smallest absolute Gasteiger partial charge is 0.230 e. The van der Waals surface area contributed by atoms with Gasteiger partial charge in [-0.2, -0.15) is 0 Å². The molecule has 1 aliphatic rings. The number of aromatic nitrogens is 2. The molecule has 11 heteroatoms. The topological polar surface area (TPSA) is 91.6 Å². The van der Waals surface area contributed by atoms with Crippen molar-refractivity contribution in [1.29, 1.82) is 0 Å². The first-order chi connectivity index (χ1) is 15.6. The third kappa shape index (κ3) is 6.02. The normalized spacial score (nSPS) is 13.9. The number of hydrogen-bond acceptors (Lipinski definition) is 8. The molecule has 1 aliphatic heterocycles. The highest BCUT2D eigenvalue weighted by atomic mass is 35.5. The van der Waals surface area contributed by atoms with Crippen molar-refractivity contribution in [3.05, 3.63) is 59.0 Å². The molecule has 1 fully saturated rings. The molecule has 1 aromatic carbocycles. The van der Waals surface area contributed by atoms with Crippen LogP contribution in [0.2, 0.25) is 5.02 Å². The van der Waals surface area contributed by atoms with E-state index in [0.717, 1.165) is 15.0 Å². The number of hydrogen-bond donors (Lipinski definition) is 1. The average molecular weight is 492 g/mol. The number of rotatable bonds is 8. The number of benzene rings is 1. The van der Waals surface area contributed by atoms with Crippen molar-refractivity contribution < 1.29 is 14.0 Å². The molecule has 8 nitrogen and oxygen atoms in total. The molecule has 1 saturated heterocycles. The summed E-state index contributed by atoms with van der Waals surface area (Å²) in [5.41, 5.74) is 0.848. The van der Waals surface area contributed by atoms with E-state index in [2.05, 4.69) is 20.4 Å². The van der Waals surface area contributed by atoms with Gasteiger partial charge in [0, 0.05) is 31.2 Å². The van der Waals surface area contributed by atoms with Crippen LogP contribution >= 0.6 is 34.7 Å². The lowest BCUT2D eigenvalue weighted by atomic mass is 10.1. The van der Waals surface area contributed by atoms with Crippen LogP contribution in [0.15, 0.2) is 51.4 Å². The van der Waals surface area contributed by atoms with Crippen molar-refractivity contribution in [3.63, 3.8) is 0 Å². The largest absolute Gasteiger partial charge is 0.467 e. The number of nitrogens with zero attached hydrogens (tertiary/aromatic N) is 4. The summed E-state index contributed by atoms with van der Waals surface area (Å²) in [6.07, 6.45) is 1.88. The fraction of sp³-hybridized carbons (Fsp3) is 0.333. The number of carbonyl (C=O) groups is 2. The first kappa shape index (κ1) is 22.6. The van der Waals surface area contributed by atoms with E-state index in [1.54, 1.807) is 18.4 Å². The van der Waals surface area contributed by atoms with E-state index < -0.39 is 0 Å².